The maximum absolute atomic E-state index is 11.9. The van der Waals surface area contributed by atoms with Gasteiger partial charge in [0, 0.05) is 19.4 Å². The fourth-order valence-electron chi connectivity index (χ4n) is 4.24. The van der Waals surface area contributed by atoms with Crippen LogP contribution in [-0.2, 0) is 9.59 Å². The zero-order valence-electron chi connectivity index (χ0n) is 22.8. The Morgan fingerprint density at radius 3 is 1.68 bits per heavy atom. The second-order valence-electron chi connectivity index (χ2n) is 10.6. The van der Waals surface area contributed by atoms with Crippen molar-refractivity contribution in [3.05, 3.63) is 0 Å². The van der Waals surface area contributed by atoms with Gasteiger partial charge in [-0.05, 0) is 30.8 Å². The highest BCUT2D eigenvalue weighted by atomic mass is 32.2. The fourth-order valence-corrected chi connectivity index (χ4v) is 5.26. The molecule has 0 aromatic heterocycles. The largest absolute Gasteiger partial charge is 0.544 e. The molecule has 0 saturated heterocycles. The minimum Gasteiger partial charge on any atom is -0.544 e. The Morgan fingerprint density at radius 1 is 0.706 bits per heavy atom. The molecule has 0 aliphatic carbocycles. The molecule has 0 bridgehead atoms. The van der Waals surface area contributed by atoms with Gasteiger partial charge in [0.1, 0.15) is 6.54 Å². The molecular weight excluding hydrogens is 444 g/mol. The van der Waals surface area contributed by atoms with Crippen molar-refractivity contribution in [3.8, 4) is 0 Å². The number of carboxylic acid groups (broad SMARTS) is 1. The van der Waals surface area contributed by atoms with Gasteiger partial charge in [-0.3, -0.25) is 4.79 Å². The van der Waals surface area contributed by atoms with Crippen LogP contribution in [0.1, 0.15) is 122 Å². The van der Waals surface area contributed by atoms with Gasteiger partial charge in [0.05, 0.1) is 26.6 Å². The monoisotopic (exact) mass is 500 g/mol. The zero-order chi connectivity index (χ0) is 25.3. The number of nitrogens with one attached hydrogen (secondary N) is 1. The lowest BCUT2D eigenvalue weighted by Gasteiger charge is -2.30. The fraction of sp³-hybridized carbons (Fsp3) is 0.929. The third kappa shape index (κ3) is 25.9. The van der Waals surface area contributed by atoms with E-state index in [9.17, 15) is 14.7 Å². The van der Waals surface area contributed by atoms with Crippen LogP contribution in [-0.4, -0.2) is 61.6 Å². The molecule has 0 aromatic rings. The van der Waals surface area contributed by atoms with E-state index >= 15 is 0 Å². The van der Waals surface area contributed by atoms with Crippen molar-refractivity contribution in [2.24, 2.45) is 0 Å². The number of rotatable bonds is 26. The minimum atomic E-state index is -1.03. The summed E-state index contributed by atoms with van der Waals surface area (Å²) in [5.41, 5.74) is 0. The highest BCUT2D eigenvalue weighted by Crippen LogP contribution is 2.14. The number of carbonyl (C=O) groups is 2. The number of unbranched alkanes of at least 4 members (excludes halogenated alkanes) is 14. The summed E-state index contributed by atoms with van der Waals surface area (Å²) in [7, 11) is 3.74. The molecule has 0 atom stereocenters. The number of likely N-dealkylation sites (N-methyl/N-ethyl adjacent to an activating group) is 1. The van der Waals surface area contributed by atoms with E-state index in [2.05, 4.69) is 24.0 Å². The van der Waals surface area contributed by atoms with E-state index in [4.69, 9.17) is 0 Å². The molecule has 0 radical (unpaired) electrons. The predicted molar refractivity (Wildman–Crippen MR) is 146 cm³/mol. The van der Waals surface area contributed by atoms with Gasteiger partial charge in [0.25, 0.3) is 0 Å². The molecule has 34 heavy (non-hydrogen) atoms. The molecule has 0 aromatic carbocycles. The molecule has 6 heteroatoms. The molecule has 1 N–H and O–H groups in total. The van der Waals surface area contributed by atoms with Gasteiger partial charge in [0.15, 0.2) is 0 Å². The van der Waals surface area contributed by atoms with Crippen molar-refractivity contribution >= 4 is 23.6 Å². The lowest BCUT2D eigenvalue weighted by molar-refractivity contribution is -0.884. The van der Waals surface area contributed by atoms with Crippen molar-refractivity contribution in [1.82, 2.24) is 5.32 Å². The van der Waals surface area contributed by atoms with Gasteiger partial charge in [-0.1, -0.05) is 90.4 Å². The van der Waals surface area contributed by atoms with Crippen molar-refractivity contribution in [3.63, 3.8) is 0 Å². The van der Waals surface area contributed by atoms with Crippen LogP contribution in [0.25, 0.3) is 0 Å². The number of hydrogen-bond donors (Lipinski definition) is 1. The molecule has 0 fully saturated rings. The lowest BCUT2D eigenvalue weighted by atomic mass is 10.1. The van der Waals surface area contributed by atoms with Crippen LogP contribution in [0.2, 0.25) is 0 Å². The Hall–Kier alpha value is -0.750. The Balaban J connectivity index is 3.26. The third-order valence-electron chi connectivity index (χ3n) is 6.40. The van der Waals surface area contributed by atoms with Crippen LogP contribution >= 0.6 is 11.8 Å². The number of amides is 1. The van der Waals surface area contributed by atoms with Crippen LogP contribution in [0, 0.1) is 0 Å². The van der Waals surface area contributed by atoms with Gasteiger partial charge in [-0.15, -0.1) is 0 Å². The molecule has 0 aliphatic rings. The van der Waals surface area contributed by atoms with Gasteiger partial charge in [-0.2, -0.15) is 11.8 Å². The highest BCUT2D eigenvalue weighted by molar-refractivity contribution is 7.99. The summed E-state index contributed by atoms with van der Waals surface area (Å²) in [5.74, 6) is 1.77. The Bertz CT molecular complexity index is 486. The summed E-state index contributed by atoms with van der Waals surface area (Å²) in [4.78, 5) is 22.6. The van der Waals surface area contributed by atoms with Gasteiger partial charge in [-0.25, -0.2) is 0 Å². The third-order valence-corrected chi connectivity index (χ3v) is 7.56. The second-order valence-corrected chi connectivity index (χ2v) is 11.8. The Kier molecular flexibility index (Phi) is 23.4. The Morgan fingerprint density at radius 2 is 1.18 bits per heavy atom. The first-order valence-corrected chi connectivity index (χ1v) is 15.4. The smallest absolute Gasteiger partial charge is 0.219 e. The molecule has 0 saturated carbocycles. The first-order valence-electron chi connectivity index (χ1n) is 14.2. The normalized spacial score (nSPS) is 11.6. The molecule has 0 unspecified atom stereocenters. The van der Waals surface area contributed by atoms with Crippen molar-refractivity contribution < 1.29 is 19.2 Å². The van der Waals surface area contributed by atoms with E-state index in [1.807, 2.05) is 14.1 Å². The number of thioether (sulfide) groups is 1. The number of aliphatic carboxylic acids is 1. The van der Waals surface area contributed by atoms with E-state index in [1.54, 1.807) is 0 Å². The van der Waals surface area contributed by atoms with Gasteiger partial charge < -0.3 is 19.7 Å². The summed E-state index contributed by atoms with van der Waals surface area (Å²) in [6, 6.07) is 0. The molecule has 202 valence electrons. The maximum Gasteiger partial charge on any atom is 0.219 e. The number of quaternary nitrogens is 1. The highest BCUT2D eigenvalue weighted by Gasteiger charge is 2.14. The van der Waals surface area contributed by atoms with Crippen LogP contribution in [0.5, 0.6) is 0 Å². The van der Waals surface area contributed by atoms with Crippen LogP contribution in [0.3, 0.4) is 0 Å². The quantitative estimate of drug-likeness (QED) is 0.122. The van der Waals surface area contributed by atoms with E-state index in [-0.39, 0.29) is 12.5 Å². The van der Waals surface area contributed by atoms with E-state index in [0.29, 0.717) is 24.0 Å². The molecule has 5 nitrogen and oxygen atoms in total. The van der Waals surface area contributed by atoms with Crippen molar-refractivity contribution in [2.45, 2.75) is 122 Å². The Labute approximate surface area is 215 Å². The SMILES string of the molecule is CCCCCCCCCCSCCCCCCCCCCC(=O)NCCC[N+](C)(C)CC(=O)[O-]. The average Bonchev–Trinajstić information content (AvgIpc) is 2.77. The molecular formula is C28H56N2O3S. The summed E-state index contributed by atoms with van der Waals surface area (Å²) < 4.78 is 0.385. The second kappa shape index (κ2) is 24.0. The average molecular weight is 501 g/mol. The number of carbonyl (C=O) groups excluding carboxylic acids is 2. The molecule has 0 heterocycles. The molecule has 0 aliphatic heterocycles. The zero-order valence-corrected chi connectivity index (χ0v) is 23.7. The van der Waals surface area contributed by atoms with Gasteiger partial charge >= 0.3 is 0 Å². The molecule has 0 rings (SSSR count). The first-order chi connectivity index (χ1) is 16.4. The topological polar surface area (TPSA) is 69.2 Å². The van der Waals surface area contributed by atoms with Crippen molar-refractivity contribution in [1.29, 1.82) is 0 Å². The molecule has 1 amide bonds. The molecule has 0 spiro atoms. The summed E-state index contributed by atoms with van der Waals surface area (Å²) in [6.45, 7) is 3.62. The number of nitrogens with zero attached hydrogens (tertiary/aromatic N) is 1. The standard InChI is InChI=1S/C28H56N2O3S/c1-4-5-6-7-8-12-15-18-24-34-25-19-16-13-10-9-11-14-17-21-27(31)29-22-20-23-30(2,3)26-28(32)33/h4-26H2,1-3H3,(H-,29,31,32,33). The van der Waals surface area contributed by atoms with Crippen LogP contribution < -0.4 is 10.4 Å². The van der Waals surface area contributed by atoms with Crippen molar-refractivity contribution in [2.75, 3.05) is 45.2 Å². The van der Waals surface area contributed by atoms with E-state index in [0.717, 1.165) is 19.3 Å². The lowest BCUT2D eigenvalue weighted by Crippen LogP contribution is -2.49. The number of hydrogen-bond acceptors (Lipinski definition) is 4. The predicted octanol–water partition coefficient (Wildman–Crippen LogP) is 5.70. The number of carboxylic acids is 1. The van der Waals surface area contributed by atoms with Crippen LogP contribution in [0.15, 0.2) is 0 Å². The van der Waals surface area contributed by atoms with E-state index in [1.165, 1.54) is 101 Å². The van der Waals surface area contributed by atoms with Crippen LogP contribution in [0.4, 0.5) is 0 Å². The maximum atomic E-state index is 11.9. The van der Waals surface area contributed by atoms with Gasteiger partial charge in [0.2, 0.25) is 5.91 Å². The summed E-state index contributed by atoms with van der Waals surface area (Å²) in [5, 5.41) is 13.7. The minimum absolute atomic E-state index is 0.00622. The first kappa shape index (κ1) is 33.2. The van der Waals surface area contributed by atoms with E-state index < -0.39 is 5.97 Å². The summed E-state index contributed by atoms with van der Waals surface area (Å²) >= 11 is 2.15. The summed E-state index contributed by atoms with van der Waals surface area (Å²) in [6.07, 6.45) is 22.7.